The van der Waals surface area contributed by atoms with Gasteiger partial charge in [0.05, 0.1) is 18.1 Å². The summed E-state index contributed by atoms with van der Waals surface area (Å²) in [5.41, 5.74) is 4.75. The molecule has 2 aliphatic rings. The van der Waals surface area contributed by atoms with Crippen molar-refractivity contribution in [2.75, 3.05) is 19.8 Å². The molecule has 3 aromatic heterocycles. The van der Waals surface area contributed by atoms with Crippen LogP contribution >= 0.6 is 0 Å². The second-order valence-electron chi connectivity index (χ2n) is 10.3. The van der Waals surface area contributed by atoms with Crippen LogP contribution in [0.25, 0.3) is 28.3 Å². The standard InChI is InChI=1S/C28H27F3N6O/c1-17-24(33-12-11-32-17)25-23(27(38)36-15-18(14-29)16-36)26-34-22(8-13-37(26)35-25)21-4-2-19(3-5-21)20-6-9-28(30,31)10-7-20/h2-5,8,11-13,18,20H,6-7,9-10,14-16H2,1H3. The first-order valence-corrected chi connectivity index (χ1v) is 12.8. The summed E-state index contributed by atoms with van der Waals surface area (Å²) < 4.78 is 41.8. The van der Waals surface area contributed by atoms with Crippen molar-refractivity contribution < 1.29 is 18.0 Å². The summed E-state index contributed by atoms with van der Waals surface area (Å²) in [6.07, 6.45) is 5.68. The van der Waals surface area contributed by atoms with Crippen molar-refractivity contribution in [1.82, 2.24) is 29.5 Å². The molecule has 10 heteroatoms. The molecule has 0 spiro atoms. The van der Waals surface area contributed by atoms with E-state index in [1.807, 2.05) is 30.3 Å². The third kappa shape index (κ3) is 4.41. The number of hydrogen-bond donors (Lipinski definition) is 0. The minimum Gasteiger partial charge on any atom is -0.338 e. The number of benzene rings is 1. The molecule has 4 aromatic rings. The first-order chi connectivity index (χ1) is 18.3. The van der Waals surface area contributed by atoms with Crippen molar-refractivity contribution in [2.45, 2.75) is 44.4 Å². The molecule has 1 saturated carbocycles. The van der Waals surface area contributed by atoms with Crippen LogP contribution in [0.2, 0.25) is 0 Å². The predicted molar refractivity (Wildman–Crippen MR) is 136 cm³/mol. The van der Waals surface area contributed by atoms with E-state index in [9.17, 15) is 18.0 Å². The number of halogens is 3. The Balaban J connectivity index is 1.37. The molecule has 0 radical (unpaired) electrons. The minimum absolute atomic E-state index is 0.0770. The summed E-state index contributed by atoms with van der Waals surface area (Å²) in [5, 5.41) is 4.64. The molecule has 7 nitrogen and oxygen atoms in total. The fraction of sp³-hybridized carbons (Fsp3) is 0.393. The van der Waals surface area contributed by atoms with Crippen LogP contribution in [0.1, 0.15) is 53.2 Å². The lowest BCUT2D eigenvalue weighted by Gasteiger charge is -2.37. The van der Waals surface area contributed by atoms with Crippen LogP contribution in [0, 0.1) is 12.8 Å². The average molecular weight is 521 g/mol. The number of aromatic nitrogens is 5. The molecule has 2 fully saturated rings. The molecule has 1 aliphatic heterocycles. The Kier molecular flexibility index (Phi) is 6.12. The summed E-state index contributed by atoms with van der Waals surface area (Å²) in [6.45, 7) is 2.03. The maximum atomic E-state index is 13.6. The lowest BCUT2D eigenvalue weighted by Crippen LogP contribution is -2.50. The van der Waals surface area contributed by atoms with Gasteiger partial charge in [-0.3, -0.25) is 19.2 Å². The van der Waals surface area contributed by atoms with E-state index in [1.54, 1.807) is 34.9 Å². The summed E-state index contributed by atoms with van der Waals surface area (Å²) in [6, 6.07) is 9.65. The second-order valence-corrected chi connectivity index (χ2v) is 10.3. The number of nitrogens with zero attached hydrogens (tertiary/aromatic N) is 6. The third-order valence-electron chi connectivity index (χ3n) is 7.66. The van der Waals surface area contributed by atoms with Crippen LogP contribution in [0.5, 0.6) is 0 Å². The third-order valence-corrected chi connectivity index (χ3v) is 7.66. The number of hydrogen-bond acceptors (Lipinski definition) is 5. The summed E-state index contributed by atoms with van der Waals surface area (Å²) in [5.74, 6) is -2.85. The summed E-state index contributed by atoms with van der Waals surface area (Å²) >= 11 is 0. The van der Waals surface area contributed by atoms with Crippen LogP contribution in [-0.2, 0) is 0 Å². The number of amides is 1. The highest BCUT2D eigenvalue weighted by Crippen LogP contribution is 2.41. The topological polar surface area (TPSA) is 76.3 Å². The lowest BCUT2D eigenvalue weighted by atomic mass is 9.82. The van der Waals surface area contributed by atoms with Crippen molar-refractivity contribution in [3.63, 3.8) is 0 Å². The van der Waals surface area contributed by atoms with Gasteiger partial charge in [0.2, 0.25) is 5.92 Å². The van der Waals surface area contributed by atoms with Gasteiger partial charge in [0.15, 0.2) is 5.65 Å². The number of aryl methyl sites for hydroxylation is 1. The predicted octanol–water partition coefficient (Wildman–Crippen LogP) is 5.50. The molecule has 4 heterocycles. The largest absolute Gasteiger partial charge is 0.338 e. The van der Waals surface area contributed by atoms with E-state index in [4.69, 9.17) is 4.98 Å². The average Bonchev–Trinajstić information content (AvgIpc) is 3.27. The Morgan fingerprint density at radius 1 is 1.03 bits per heavy atom. The van der Waals surface area contributed by atoms with Gasteiger partial charge in [0.25, 0.3) is 5.91 Å². The smallest absolute Gasteiger partial charge is 0.260 e. The minimum atomic E-state index is -2.55. The number of fused-ring (bicyclic) bond motifs is 1. The molecule has 0 unspecified atom stereocenters. The highest BCUT2D eigenvalue weighted by Gasteiger charge is 2.36. The Morgan fingerprint density at radius 3 is 2.42 bits per heavy atom. The molecule has 0 atom stereocenters. The van der Waals surface area contributed by atoms with Gasteiger partial charge in [-0.15, -0.1) is 0 Å². The quantitative estimate of drug-likeness (QED) is 0.348. The lowest BCUT2D eigenvalue weighted by molar-refractivity contribution is -0.0382. The van der Waals surface area contributed by atoms with E-state index in [0.717, 1.165) is 11.1 Å². The van der Waals surface area contributed by atoms with Crippen LogP contribution in [0.4, 0.5) is 13.2 Å². The van der Waals surface area contributed by atoms with Gasteiger partial charge in [-0.05, 0) is 37.3 Å². The molecule has 6 rings (SSSR count). The van der Waals surface area contributed by atoms with Gasteiger partial charge in [-0.25, -0.2) is 18.3 Å². The zero-order valence-corrected chi connectivity index (χ0v) is 20.9. The van der Waals surface area contributed by atoms with Gasteiger partial charge < -0.3 is 4.90 Å². The molecule has 1 aromatic carbocycles. The summed E-state index contributed by atoms with van der Waals surface area (Å²) in [7, 11) is 0. The molecule has 1 saturated heterocycles. The zero-order chi connectivity index (χ0) is 26.4. The van der Waals surface area contributed by atoms with Gasteiger partial charge in [0, 0.05) is 56.0 Å². The Hall–Kier alpha value is -3.82. The SMILES string of the molecule is Cc1nccnc1-c1nn2ccc(-c3ccc(C4CCC(F)(F)CC4)cc3)nc2c1C(=O)N1CC(CF)C1. The number of carbonyl (C=O) groups is 1. The van der Waals surface area contributed by atoms with Gasteiger partial charge in [0.1, 0.15) is 17.0 Å². The molecule has 1 aliphatic carbocycles. The van der Waals surface area contributed by atoms with E-state index in [1.165, 1.54) is 0 Å². The fourth-order valence-corrected chi connectivity index (χ4v) is 5.38. The van der Waals surface area contributed by atoms with E-state index in [2.05, 4.69) is 15.1 Å². The highest BCUT2D eigenvalue weighted by atomic mass is 19.3. The van der Waals surface area contributed by atoms with Gasteiger partial charge in [-0.2, -0.15) is 5.10 Å². The van der Waals surface area contributed by atoms with Crippen molar-refractivity contribution in [3.8, 4) is 22.6 Å². The number of carbonyl (C=O) groups excluding carboxylic acids is 1. The molecule has 0 N–H and O–H groups in total. The van der Waals surface area contributed by atoms with E-state index >= 15 is 0 Å². The maximum Gasteiger partial charge on any atom is 0.260 e. The Labute approximate surface area is 217 Å². The van der Waals surface area contributed by atoms with Gasteiger partial charge in [-0.1, -0.05) is 24.3 Å². The van der Waals surface area contributed by atoms with E-state index < -0.39 is 12.6 Å². The number of likely N-dealkylation sites (tertiary alicyclic amines) is 1. The zero-order valence-electron chi connectivity index (χ0n) is 20.9. The first kappa shape index (κ1) is 24.5. The monoisotopic (exact) mass is 520 g/mol. The maximum absolute atomic E-state index is 13.6. The molecular formula is C28H27F3N6O. The van der Waals surface area contributed by atoms with E-state index in [-0.39, 0.29) is 30.6 Å². The Morgan fingerprint density at radius 2 is 1.74 bits per heavy atom. The van der Waals surface area contributed by atoms with Gasteiger partial charge >= 0.3 is 0 Å². The van der Waals surface area contributed by atoms with Crippen molar-refractivity contribution in [1.29, 1.82) is 0 Å². The van der Waals surface area contributed by atoms with Crippen LogP contribution in [0.3, 0.4) is 0 Å². The molecule has 0 bridgehead atoms. The van der Waals surface area contributed by atoms with Crippen molar-refractivity contribution >= 4 is 11.6 Å². The molecule has 196 valence electrons. The number of alkyl halides is 3. The molecule has 1 amide bonds. The summed E-state index contributed by atoms with van der Waals surface area (Å²) in [4.78, 5) is 28.7. The first-order valence-electron chi connectivity index (χ1n) is 12.8. The van der Waals surface area contributed by atoms with Crippen LogP contribution < -0.4 is 0 Å². The van der Waals surface area contributed by atoms with Crippen LogP contribution in [0.15, 0.2) is 48.9 Å². The van der Waals surface area contributed by atoms with Crippen molar-refractivity contribution in [3.05, 3.63) is 65.7 Å². The van der Waals surface area contributed by atoms with Crippen LogP contribution in [-0.4, -0.2) is 61.1 Å². The normalized spacial score (nSPS) is 18.1. The number of rotatable bonds is 5. The highest BCUT2D eigenvalue weighted by molar-refractivity contribution is 6.06. The molecule has 38 heavy (non-hydrogen) atoms. The Bertz CT molecular complexity index is 1490. The van der Waals surface area contributed by atoms with E-state index in [0.29, 0.717) is 59.9 Å². The van der Waals surface area contributed by atoms with Crippen molar-refractivity contribution in [2.24, 2.45) is 5.92 Å². The molecular weight excluding hydrogens is 493 g/mol. The second kappa shape index (κ2) is 9.49. The fourth-order valence-electron chi connectivity index (χ4n) is 5.38.